The topological polar surface area (TPSA) is 54.6 Å². The Morgan fingerprint density at radius 2 is 1.96 bits per heavy atom. The molecule has 0 bridgehead atoms. The second-order valence-corrected chi connectivity index (χ2v) is 7.27. The van der Waals surface area contributed by atoms with Crippen molar-refractivity contribution < 1.29 is 9.15 Å². The maximum Gasteiger partial charge on any atom is 0.257 e. The van der Waals surface area contributed by atoms with Crippen LogP contribution in [0.1, 0.15) is 18.9 Å². The lowest BCUT2D eigenvalue weighted by atomic mass is 10.2. The molecule has 7 heteroatoms. The van der Waals surface area contributed by atoms with Crippen LogP contribution in [0.15, 0.2) is 46.2 Å². The summed E-state index contributed by atoms with van der Waals surface area (Å²) >= 11 is 1.61. The van der Waals surface area contributed by atoms with Gasteiger partial charge in [-0.3, -0.25) is 4.90 Å². The number of aromatic nitrogens is 2. The van der Waals surface area contributed by atoms with Gasteiger partial charge in [-0.05, 0) is 30.5 Å². The van der Waals surface area contributed by atoms with E-state index in [-0.39, 0.29) is 6.04 Å². The van der Waals surface area contributed by atoms with E-state index < -0.39 is 0 Å². The van der Waals surface area contributed by atoms with E-state index in [1.54, 1.807) is 18.4 Å². The molecule has 136 valence electrons. The van der Waals surface area contributed by atoms with Crippen molar-refractivity contribution in [3.63, 3.8) is 0 Å². The number of piperazine rings is 1. The zero-order valence-corrected chi connectivity index (χ0v) is 15.8. The summed E-state index contributed by atoms with van der Waals surface area (Å²) in [4.78, 5) is 5.79. The minimum Gasteiger partial charge on any atom is -0.497 e. The van der Waals surface area contributed by atoms with Gasteiger partial charge in [0.25, 0.3) is 5.89 Å². The van der Waals surface area contributed by atoms with Crippen LogP contribution in [0.3, 0.4) is 0 Å². The molecule has 0 aliphatic carbocycles. The minimum absolute atomic E-state index is 0.115. The zero-order chi connectivity index (χ0) is 17.9. The minimum atomic E-state index is 0.115. The fourth-order valence-electron chi connectivity index (χ4n) is 3.23. The molecule has 1 aliphatic rings. The lowest BCUT2D eigenvalue weighted by molar-refractivity contribution is 0.174. The summed E-state index contributed by atoms with van der Waals surface area (Å²) in [5.41, 5.74) is 1.20. The van der Waals surface area contributed by atoms with E-state index in [9.17, 15) is 0 Å². The molecule has 0 radical (unpaired) electrons. The molecule has 1 unspecified atom stereocenters. The molecular weight excluding hydrogens is 348 g/mol. The molecular formula is C19H22N4O2S. The molecule has 26 heavy (non-hydrogen) atoms. The number of hydrogen-bond donors (Lipinski definition) is 0. The third kappa shape index (κ3) is 3.45. The van der Waals surface area contributed by atoms with Crippen LogP contribution in [0.2, 0.25) is 0 Å². The molecule has 3 heterocycles. The van der Waals surface area contributed by atoms with E-state index in [2.05, 4.69) is 39.1 Å². The summed E-state index contributed by atoms with van der Waals surface area (Å²) in [5, 5.41) is 10.5. The van der Waals surface area contributed by atoms with Gasteiger partial charge in [0.1, 0.15) is 5.75 Å². The summed E-state index contributed by atoms with van der Waals surface area (Å²) in [6.07, 6.45) is 0. The Labute approximate surface area is 157 Å². The predicted octanol–water partition coefficient (Wildman–Crippen LogP) is 3.69. The first-order chi connectivity index (χ1) is 12.7. The van der Waals surface area contributed by atoms with Crippen molar-refractivity contribution in [3.8, 4) is 16.5 Å². The number of thiophene rings is 1. The molecule has 6 nitrogen and oxygen atoms in total. The highest BCUT2D eigenvalue weighted by molar-refractivity contribution is 7.13. The van der Waals surface area contributed by atoms with Gasteiger partial charge in [-0.15, -0.1) is 21.5 Å². The molecule has 0 amide bonds. The van der Waals surface area contributed by atoms with Gasteiger partial charge in [-0.25, -0.2) is 0 Å². The van der Waals surface area contributed by atoms with Gasteiger partial charge in [0.15, 0.2) is 0 Å². The molecule has 1 aromatic carbocycles. The maximum atomic E-state index is 5.90. The molecule has 0 spiro atoms. The van der Waals surface area contributed by atoms with Crippen molar-refractivity contribution in [3.05, 3.63) is 47.7 Å². The third-order valence-electron chi connectivity index (χ3n) is 4.81. The summed E-state index contributed by atoms with van der Waals surface area (Å²) in [6, 6.07) is 12.3. The Hall–Kier alpha value is -2.38. The highest BCUT2D eigenvalue weighted by Crippen LogP contribution is 2.28. The molecule has 2 aromatic heterocycles. The molecule has 1 saturated heterocycles. The van der Waals surface area contributed by atoms with Crippen molar-refractivity contribution in [1.29, 1.82) is 0 Å². The van der Waals surface area contributed by atoms with E-state index in [0.717, 1.165) is 36.8 Å². The Morgan fingerprint density at radius 3 is 2.69 bits per heavy atom. The first kappa shape index (κ1) is 17.1. The van der Waals surface area contributed by atoms with Crippen molar-refractivity contribution in [2.75, 3.05) is 38.2 Å². The number of benzene rings is 1. The van der Waals surface area contributed by atoms with Crippen molar-refractivity contribution in [1.82, 2.24) is 15.1 Å². The van der Waals surface area contributed by atoms with E-state index in [4.69, 9.17) is 9.15 Å². The normalized spacial score (nSPS) is 16.6. The molecule has 1 atom stereocenters. The number of nitrogens with zero attached hydrogens (tertiary/aromatic N) is 4. The van der Waals surface area contributed by atoms with Crippen LogP contribution < -0.4 is 9.64 Å². The summed E-state index contributed by atoms with van der Waals surface area (Å²) in [5.74, 6) is 2.19. The fourth-order valence-corrected chi connectivity index (χ4v) is 3.88. The first-order valence-electron chi connectivity index (χ1n) is 8.75. The number of rotatable bonds is 5. The molecule has 0 saturated carbocycles. The largest absolute Gasteiger partial charge is 0.497 e. The van der Waals surface area contributed by atoms with Gasteiger partial charge in [0.2, 0.25) is 5.89 Å². The second-order valence-electron chi connectivity index (χ2n) is 6.32. The van der Waals surface area contributed by atoms with Crippen LogP contribution >= 0.6 is 11.3 Å². The zero-order valence-electron chi connectivity index (χ0n) is 15.0. The molecule has 1 fully saturated rings. The quantitative estimate of drug-likeness (QED) is 0.683. The Morgan fingerprint density at radius 1 is 1.12 bits per heavy atom. The Kier molecular flexibility index (Phi) is 4.90. The van der Waals surface area contributed by atoms with Gasteiger partial charge in [0, 0.05) is 37.9 Å². The second kappa shape index (κ2) is 7.47. The lowest BCUT2D eigenvalue weighted by Crippen LogP contribution is -2.47. The van der Waals surface area contributed by atoms with Crippen LogP contribution in [-0.4, -0.2) is 48.4 Å². The van der Waals surface area contributed by atoms with E-state index in [1.165, 1.54) is 5.69 Å². The molecule has 4 rings (SSSR count). The Bertz CT molecular complexity index is 841. The van der Waals surface area contributed by atoms with Crippen molar-refractivity contribution >= 4 is 17.0 Å². The van der Waals surface area contributed by atoms with Gasteiger partial charge in [-0.1, -0.05) is 12.1 Å². The fraction of sp³-hybridized carbons (Fsp3) is 0.368. The van der Waals surface area contributed by atoms with Gasteiger partial charge < -0.3 is 14.1 Å². The number of methoxy groups -OCH3 is 1. The summed E-state index contributed by atoms with van der Waals surface area (Å²) < 4.78 is 11.2. The molecule has 0 N–H and O–H groups in total. The number of ether oxygens (including phenoxy) is 1. The Balaban J connectivity index is 1.39. The van der Waals surface area contributed by atoms with E-state index in [1.807, 2.05) is 29.6 Å². The van der Waals surface area contributed by atoms with E-state index in [0.29, 0.717) is 11.8 Å². The monoisotopic (exact) mass is 370 g/mol. The van der Waals surface area contributed by atoms with Gasteiger partial charge in [-0.2, -0.15) is 0 Å². The highest BCUT2D eigenvalue weighted by Gasteiger charge is 2.26. The van der Waals surface area contributed by atoms with Gasteiger partial charge in [0.05, 0.1) is 18.0 Å². The smallest absolute Gasteiger partial charge is 0.257 e. The van der Waals surface area contributed by atoms with Crippen molar-refractivity contribution in [2.45, 2.75) is 13.0 Å². The van der Waals surface area contributed by atoms with Gasteiger partial charge >= 0.3 is 0 Å². The number of anilines is 1. The summed E-state index contributed by atoms with van der Waals surface area (Å²) in [7, 11) is 1.70. The van der Waals surface area contributed by atoms with E-state index >= 15 is 0 Å². The highest BCUT2D eigenvalue weighted by atomic mass is 32.1. The third-order valence-corrected chi connectivity index (χ3v) is 5.67. The van der Waals surface area contributed by atoms with Crippen LogP contribution in [-0.2, 0) is 0 Å². The lowest BCUT2D eigenvalue weighted by Gasteiger charge is -2.38. The summed E-state index contributed by atoms with van der Waals surface area (Å²) in [6.45, 7) is 5.96. The molecule has 3 aromatic rings. The average molecular weight is 370 g/mol. The standard InChI is InChI=1S/C19H22N4O2S/c1-14(18-20-21-19(25-18)17-7-4-12-26-17)22-8-10-23(11-9-22)15-5-3-6-16(13-15)24-2/h3-7,12-14H,8-11H2,1-2H3. The average Bonchev–Trinajstić information content (AvgIpc) is 3.39. The van der Waals surface area contributed by atoms with Crippen LogP contribution in [0.5, 0.6) is 5.75 Å². The van der Waals surface area contributed by atoms with Crippen molar-refractivity contribution in [2.24, 2.45) is 0 Å². The predicted molar refractivity (Wildman–Crippen MR) is 103 cm³/mol. The molecule has 1 aliphatic heterocycles. The first-order valence-corrected chi connectivity index (χ1v) is 9.63. The van der Waals surface area contributed by atoms with Crippen LogP contribution in [0.25, 0.3) is 10.8 Å². The van der Waals surface area contributed by atoms with Crippen LogP contribution in [0, 0.1) is 0 Å². The van der Waals surface area contributed by atoms with Crippen LogP contribution in [0.4, 0.5) is 5.69 Å². The number of hydrogen-bond acceptors (Lipinski definition) is 7. The SMILES string of the molecule is COc1cccc(N2CCN(C(C)c3nnc(-c4cccs4)o3)CC2)c1. The maximum absolute atomic E-state index is 5.90.